The normalized spacial score (nSPS) is 14.3. The highest BCUT2D eigenvalue weighted by molar-refractivity contribution is 6.08. The Balaban J connectivity index is 1.78. The van der Waals surface area contributed by atoms with E-state index in [2.05, 4.69) is 15.7 Å². The van der Waals surface area contributed by atoms with E-state index in [9.17, 15) is 19.1 Å². The lowest BCUT2D eigenvalue weighted by Gasteiger charge is -2.20. The van der Waals surface area contributed by atoms with Crippen LogP contribution in [0.4, 0.5) is 10.1 Å². The second-order valence-electron chi connectivity index (χ2n) is 7.40. The van der Waals surface area contributed by atoms with Crippen LogP contribution in [0.15, 0.2) is 60.9 Å². The van der Waals surface area contributed by atoms with Gasteiger partial charge >= 0.3 is 5.97 Å². The van der Waals surface area contributed by atoms with Gasteiger partial charge in [0, 0.05) is 40.2 Å². The summed E-state index contributed by atoms with van der Waals surface area (Å²) in [5.74, 6) is -2.49. The molecule has 4 aromatic rings. The molecule has 0 spiro atoms. The summed E-state index contributed by atoms with van der Waals surface area (Å²) in [6.45, 7) is -0.529. The van der Waals surface area contributed by atoms with Crippen LogP contribution in [0.2, 0.25) is 0 Å². The number of fused-ring (bicyclic) bond motifs is 2. The highest BCUT2D eigenvalue weighted by atomic mass is 19.1. The molecule has 3 heterocycles. The van der Waals surface area contributed by atoms with Crippen LogP contribution in [-0.2, 0) is 4.79 Å². The van der Waals surface area contributed by atoms with Gasteiger partial charge in [-0.15, -0.1) is 0 Å². The summed E-state index contributed by atoms with van der Waals surface area (Å²) in [5, 5.41) is 28.6. The lowest BCUT2D eigenvalue weighted by atomic mass is 9.96. The second-order valence-corrected chi connectivity index (χ2v) is 7.40. The first-order chi connectivity index (χ1) is 15.4. The number of hydrogen-bond acceptors (Lipinski definition) is 5. The highest BCUT2D eigenvalue weighted by Gasteiger charge is 2.30. The number of carboxylic acid groups (broad SMARTS) is 1. The SMILES string of the molecule is O=C(O)CNC(=O)c1cnn2ccc3c2c1-c1ccccc1NC3c1ccc(O)cc1F. The molecule has 2 aromatic heterocycles. The summed E-state index contributed by atoms with van der Waals surface area (Å²) >= 11 is 0. The van der Waals surface area contributed by atoms with Gasteiger partial charge in [0.1, 0.15) is 18.1 Å². The molecule has 0 aliphatic carbocycles. The van der Waals surface area contributed by atoms with E-state index in [1.54, 1.807) is 16.8 Å². The largest absolute Gasteiger partial charge is 0.508 e. The summed E-state index contributed by atoms with van der Waals surface area (Å²) in [6, 6.07) is 12.4. The van der Waals surface area contributed by atoms with Crippen molar-refractivity contribution in [2.75, 3.05) is 11.9 Å². The third kappa shape index (κ3) is 3.11. The minimum absolute atomic E-state index is 0.179. The molecule has 1 aliphatic rings. The maximum absolute atomic E-state index is 14.9. The second kappa shape index (κ2) is 7.38. The zero-order valence-corrected chi connectivity index (χ0v) is 16.5. The first-order valence-electron chi connectivity index (χ1n) is 9.78. The van der Waals surface area contributed by atoms with Crippen LogP contribution < -0.4 is 10.6 Å². The van der Waals surface area contributed by atoms with Crippen molar-refractivity contribution in [2.45, 2.75) is 6.04 Å². The molecule has 2 aromatic carbocycles. The standard InChI is InChI=1S/C23H17FN4O4/c24-17-9-12(29)5-6-13(17)21-15-7-8-28-22(15)20(14-3-1-2-4-18(14)27-21)16(10-26-28)23(32)25-11-19(30)31/h1-10,21,27,29H,11H2,(H,25,32)(H,30,31). The summed E-state index contributed by atoms with van der Waals surface area (Å²) < 4.78 is 16.5. The minimum atomic E-state index is -1.16. The first kappa shape index (κ1) is 19.6. The van der Waals surface area contributed by atoms with Crippen molar-refractivity contribution in [1.29, 1.82) is 0 Å². The number of phenols is 1. The molecule has 160 valence electrons. The lowest BCUT2D eigenvalue weighted by molar-refractivity contribution is -0.135. The number of aliphatic carboxylic acids is 1. The third-order valence-electron chi connectivity index (χ3n) is 5.46. The fourth-order valence-electron chi connectivity index (χ4n) is 4.09. The average molecular weight is 432 g/mol. The van der Waals surface area contributed by atoms with Gasteiger partial charge in [-0.1, -0.05) is 24.3 Å². The number of benzene rings is 2. The molecule has 0 saturated heterocycles. The van der Waals surface area contributed by atoms with Crippen molar-refractivity contribution in [2.24, 2.45) is 0 Å². The minimum Gasteiger partial charge on any atom is -0.508 e. The summed E-state index contributed by atoms with van der Waals surface area (Å²) in [5.41, 5.74) is 3.74. The number of nitrogens with zero attached hydrogens (tertiary/aromatic N) is 2. The third-order valence-corrected chi connectivity index (χ3v) is 5.46. The Hall–Kier alpha value is -4.40. The molecule has 9 heteroatoms. The Morgan fingerprint density at radius 3 is 2.75 bits per heavy atom. The van der Waals surface area contributed by atoms with Crippen molar-refractivity contribution in [3.8, 4) is 16.9 Å². The van der Waals surface area contributed by atoms with E-state index in [0.29, 0.717) is 33.5 Å². The zero-order valence-electron chi connectivity index (χ0n) is 16.5. The predicted octanol–water partition coefficient (Wildman–Crippen LogP) is 3.18. The van der Waals surface area contributed by atoms with Crippen LogP contribution in [0.5, 0.6) is 5.75 Å². The van der Waals surface area contributed by atoms with Crippen molar-refractivity contribution in [3.05, 3.63) is 83.4 Å². The molecule has 5 rings (SSSR count). The number of carbonyl (C=O) groups excluding carboxylic acids is 1. The Bertz CT molecular complexity index is 1400. The van der Waals surface area contributed by atoms with Gasteiger partial charge in [-0.05, 0) is 18.2 Å². The number of aromatic hydroxyl groups is 1. The Morgan fingerprint density at radius 1 is 1.16 bits per heavy atom. The molecule has 4 N–H and O–H groups in total. The molecular formula is C23H17FN4O4. The molecule has 8 nitrogen and oxygen atoms in total. The van der Waals surface area contributed by atoms with E-state index < -0.39 is 30.3 Å². The maximum atomic E-state index is 14.9. The number of carboxylic acids is 1. The number of carbonyl (C=O) groups is 2. The van der Waals surface area contributed by atoms with Crippen molar-refractivity contribution >= 4 is 23.1 Å². The monoisotopic (exact) mass is 432 g/mol. The number of phenolic OH excluding ortho intramolecular Hbond substituents is 1. The number of hydrogen-bond donors (Lipinski definition) is 4. The van der Waals surface area contributed by atoms with Gasteiger partial charge < -0.3 is 20.8 Å². The predicted molar refractivity (Wildman–Crippen MR) is 114 cm³/mol. The van der Waals surface area contributed by atoms with Crippen LogP contribution >= 0.6 is 0 Å². The molecule has 0 radical (unpaired) electrons. The summed E-state index contributed by atoms with van der Waals surface area (Å²) in [7, 11) is 0. The number of nitrogens with one attached hydrogen (secondary N) is 2. The molecule has 32 heavy (non-hydrogen) atoms. The number of aromatic nitrogens is 2. The van der Waals surface area contributed by atoms with Crippen LogP contribution in [-0.4, -0.2) is 38.2 Å². The van der Waals surface area contributed by atoms with Gasteiger partial charge in [0.05, 0.1) is 23.3 Å². The van der Waals surface area contributed by atoms with Crippen molar-refractivity contribution in [3.63, 3.8) is 0 Å². The van der Waals surface area contributed by atoms with E-state index in [1.807, 2.05) is 24.3 Å². The van der Waals surface area contributed by atoms with Gasteiger partial charge in [0.15, 0.2) is 0 Å². The fourth-order valence-corrected chi connectivity index (χ4v) is 4.09. The summed E-state index contributed by atoms with van der Waals surface area (Å²) in [6.07, 6.45) is 3.11. The lowest BCUT2D eigenvalue weighted by Crippen LogP contribution is -2.30. The topological polar surface area (TPSA) is 116 Å². The smallest absolute Gasteiger partial charge is 0.322 e. The van der Waals surface area contributed by atoms with Crippen LogP contribution in [0.25, 0.3) is 16.6 Å². The van der Waals surface area contributed by atoms with Crippen LogP contribution in [0, 0.1) is 5.82 Å². The molecule has 0 saturated carbocycles. The Labute approximate surface area is 180 Å². The number of rotatable bonds is 4. The maximum Gasteiger partial charge on any atom is 0.322 e. The van der Waals surface area contributed by atoms with Crippen molar-refractivity contribution in [1.82, 2.24) is 14.9 Å². The zero-order chi connectivity index (χ0) is 22.4. The molecular weight excluding hydrogens is 415 g/mol. The van der Waals surface area contributed by atoms with E-state index >= 15 is 0 Å². The van der Waals surface area contributed by atoms with E-state index in [4.69, 9.17) is 5.11 Å². The number of para-hydroxylation sites is 1. The van der Waals surface area contributed by atoms with Gasteiger partial charge in [-0.25, -0.2) is 8.91 Å². The molecule has 0 bridgehead atoms. The van der Waals surface area contributed by atoms with Gasteiger partial charge in [-0.3, -0.25) is 9.59 Å². The Morgan fingerprint density at radius 2 is 1.97 bits per heavy atom. The van der Waals surface area contributed by atoms with Crippen molar-refractivity contribution < 1.29 is 24.2 Å². The van der Waals surface area contributed by atoms with Crippen LogP contribution in [0.3, 0.4) is 0 Å². The van der Waals surface area contributed by atoms with E-state index in [-0.39, 0.29) is 11.3 Å². The van der Waals surface area contributed by atoms with Gasteiger partial charge in [0.25, 0.3) is 5.91 Å². The molecule has 1 atom stereocenters. The molecule has 1 amide bonds. The molecule has 1 aliphatic heterocycles. The number of anilines is 1. The molecule has 0 fully saturated rings. The average Bonchev–Trinajstić information content (AvgIpc) is 3.13. The molecule has 1 unspecified atom stereocenters. The first-order valence-corrected chi connectivity index (χ1v) is 9.78. The van der Waals surface area contributed by atoms with Gasteiger partial charge in [-0.2, -0.15) is 5.10 Å². The highest BCUT2D eigenvalue weighted by Crippen LogP contribution is 2.44. The van der Waals surface area contributed by atoms with Gasteiger partial charge in [0.2, 0.25) is 0 Å². The summed E-state index contributed by atoms with van der Waals surface area (Å²) in [4.78, 5) is 23.8. The Kier molecular flexibility index (Phi) is 4.51. The number of halogens is 1. The quantitative estimate of drug-likeness (QED) is 0.394. The van der Waals surface area contributed by atoms with E-state index in [1.165, 1.54) is 18.3 Å². The van der Waals surface area contributed by atoms with E-state index in [0.717, 1.165) is 6.07 Å². The number of amides is 1. The fraction of sp³-hybridized carbons (Fsp3) is 0.0870. The van der Waals surface area contributed by atoms with Crippen LogP contribution in [0.1, 0.15) is 27.5 Å².